The lowest BCUT2D eigenvalue weighted by Crippen LogP contribution is -2.20. The fraction of sp³-hybridized carbons (Fsp3) is 0.238. The number of methoxy groups -OCH3 is 1. The molecule has 0 saturated heterocycles. The molecule has 3 aromatic rings. The SMILES string of the molecule is CCOC(=O)c1cnc(C(C(=O)OC)c2ccc(Cn3cc(F)ccc3=O)c(F)c2)o1. The molecule has 0 saturated carbocycles. The number of benzene rings is 1. The van der Waals surface area contributed by atoms with Crippen molar-refractivity contribution < 1.29 is 32.3 Å². The molecule has 1 atom stereocenters. The van der Waals surface area contributed by atoms with E-state index in [9.17, 15) is 23.2 Å². The molecule has 8 nitrogen and oxygen atoms in total. The zero-order valence-corrected chi connectivity index (χ0v) is 16.6. The molecule has 0 aliphatic carbocycles. The van der Waals surface area contributed by atoms with Crippen LogP contribution in [0.3, 0.4) is 0 Å². The van der Waals surface area contributed by atoms with Gasteiger partial charge in [0.1, 0.15) is 11.6 Å². The van der Waals surface area contributed by atoms with E-state index in [1.54, 1.807) is 6.92 Å². The third-order valence-corrected chi connectivity index (χ3v) is 4.38. The van der Waals surface area contributed by atoms with Crippen molar-refractivity contribution in [2.75, 3.05) is 13.7 Å². The fourth-order valence-electron chi connectivity index (χ4n) is 2.90. The van der Waals surface area contributed by atoms with Crippen LogP contribution in [0.4, 0.5) is 8.78 Å². The number of hydrogen-bond donors (Lipinski definition) is 0. The standard InChI is InChI=1S/C21H18F2N2O6/c1-3-30-20(27)16-9-24-19(31-16)18(21(28)29-2)12-4-5-13(15(23)8-12)10-25-11-14(22)6-7-17(25)26/h4-9,11,18H,3,10H2,1-2H3. The van der Waals surface area contributed by atoms with Crippen molar-refractivity contribution >= 4 is 11.9 Å². The van der Waals surface area contributed by atoms with Crippen molar-refractivity contribution in [1.29, 1.82) is 0 Å². The Hall–Kier alpha value is -3.82. The van der Waals surface area contributed by atoms with E-state index in [0.717, 1.165) is 42.3 Å². The summed E-state index contributed by atoms with van der Waals surface area (Å²) in [6, 6.07) is 5.90. The molecule has 2 heterocycles. The smallest absolute Gasteiger partial charge is 0.375 e. The number of pyridine rings is 1. The molecule has 1 aromatic carbocycles. The van der Waals surface area contributed by atoms with E-state index in [1.807, 2.05) is 0 Å². The van der Waals surface area contributed by atoms with Gasteiger partial charge in [-0.2, -0.15) is 0 Å². The van der Waals surface area contributed by atoms with E-state index in [0.29, 0.717) is 0 Å². The zero-order valence-electron chi connectivity index (χ0n) is 16.6. The van der Waals surface area contributed by atoms with Crippen molar-refractivity contribution in [2.45, 2.75) is 19.4 Å². The van der Waals surface area contributed by atoms with Gasteiger partial charge in [-0.1, -0.05) is 12.1 Å². The number of halogens is 2. The molecule has 2 aromatic heterocycles. The molecule has 0 amide bonds. The lowest BCUT2D eigenvalue weighted by Gasteiger charge is -2.14. The summed E-state index contributed by atoms with van der Waals surface area (Å²) >= 11 is 0. The van der Waals surface area contributed by atoms with Crippen LogP contribution < -0.4 is 5.56 Å². The number of ether oxygens (including phenoxy) is 2. The number of nitrogens with zero attached hydrogens (tertiary/aromatic N) is 2. The number of carbonyl (C=O) groups is 2. The summed E-state index contributed by atoms with van der Waals surface area (Å²) in [4.78, 5) is 39.9. The van der Waals surface area contributed by atoms with E-state index < -0.39 is 35.1 Å². The minimum Gasteiger partial charge on any atom is -0.468 e. The molecule has 0 radical (unpaired) electrons. The molecule has 162 valence electrons. The van der Waals surface area contributed by atoms with Crippen LogP contribution >= 0.6 is 0 Å². The summed E-state index contributed by atoms with van der Waals surface area (Å²) in [7, 11) is 1.14. The van der Waals surface area contributed by atoms with Gasteiger partial charge in [-0.3, -0.25) is 9.59 Å². The highest BCUT2D eigenvalue weighted by Gasteiger charge is 2.30. The molecule has 0 aliphatic rings. The van der Waals surface area contributed by atoms with Crippen LogP contribution in [0.1, 0.15) is 40.4 Å². The van der Waals surface area contributed by atoms with Crippen molar-refractivity contribution in [3.8, 4) is 0 Å². The van der Waals surface area contributed by atoms with Gasteiger partial charge in [0.2, 0.25) is 11.7 Å². The van der Waals surface area contributed by atoms with Crippen LogP contribution in [0.2, 0.25) is 0 Å². The molecule has 0 fully saturated rings. The summed E-state index contributed by atoms with van der Waals surface area (Å²) in [5.74, 6) is -4.55. The number of esters is 2. The fourth-order valence-corrected chi connectivity index (χ4v) is 2.90. The van der Waals surface area contributed by atoms with Crippen LogP contribution in [-0.4, -0.2) is 35.2 Å². The highest BCUT2D eigenvalue weighted by atomic mass is 19.1. The highest BCUT2D eigenvalue weighted by molar-refractivity contribution is 5.86. The van der Waals surface area contributed by atoms with Crippen LogP contribution in [0.5, 0.6) is 0 Å². The van der Waals surface area contributed by atoms with Gasteiger partial charge in [0.05, 0.1) is 26.5 Å². The number of carbonyl (C=O) groups excluding carboxylic acids is 2. The maximum Gasteiger partial charge on any atom is 0.375 e. The zero-order chi connectivity index (χ0) is 22.5. The molecule has 0 aliphatic heterocycles. The van der Waals surface area contributed by atoms with Gasteiger partial charge in [0.25, 0.3) is 5.56 Å². The van der Waals surface area contributed by atoms with Crippen LogP contribution in [-0.2, 0) is 20.8 Å². The Labute approximate surface area is 175 Å². The average Bonchev–Trinajstić information content (AvgIpc) is 3.22. The topological polar surface area (TPSA) is 101 Å². The summed E-state index contributed by atoms with van der Waals surface area (Å²) < 4.78 is 44.1. The van der Waals surface area contributed by atoms with Gasteiger partial charge in [-0.05, 0) is 24.6 Å². The highest BCUT2D eigenvalue weighted by Crippen LogP contribution is 2.28. The lowest BCUT2D eigenvalue weighted by atomic mass is 9.97. The first-order valence-corrected chi connectivity index (χ1v) is 9.19. The van der Waals surface area contributed by atoms with Crippen LogP contribution in [0.25, 0.3) is 0 Å². The predicted octanol–water partition coefficient (Wildman–Crippen LogP) is 2.64. The first-order chi connectivity index (χ1) is 14.8. The number of oxazole rings is 1. The molecular weight excluding hydrogens is 414 g/mol. The van der Waals surface area contributed by atoms with Gasteiger partial charge in [0.15, 0.2) is 5.92 Å². The predicted molar refractivity (Wildman–Crippen MR) is 102 cm³/mol. The van der Waals surface area contributed by atoms with E-state index in [-0.39, 0.29) is 35.9 Å². The molecule has 0 spiro atoms. The minimum atomic E-state index is -1.24. The van der Waals surface area contributed by atoms with E-state index in [4.69, 9.17) is 13.9 Å². The van der Waals surface area contributed by atoms with Gasteiger partial charge >= 0.3 is 11.9 Å². The molecule has 0 N–H and O–H groups in total. The second-order valence-corrected chi connectivity index (χ2v) is 6.40. The lowest BCUT2D eigenvalue weighted by molar-refractivity contribution is -0.141. The Balaban J connectivity index is 1.93. The quantitative estimate of drug-likeness (QED) is 0.529. The second-order valence-electron chi connectivity index (χ2n) is 6.40. The molecular formula is C21H18F2N2O6. The first-order valence-electron chi connectivity index (χ1n) is 9.19. The maximum absolute atomic E-state index is 14.8. The Morgan fingerprint density at radius 1 is 1.23 bits per heavy atom. The summed E-state index contributed by atoms with van der Waals surface area (Å²) in [6.45, 7) is 1.53. The Bertz CT molecular complexity index is 1170. The largest absolute Gasteiger partial charge is 0.468 e. The third kappa shape index (κ3) is 4.85. The van der Waals surface area contributed by atoms with Gasteiger partial charge < -0.3 is 18.5 Å². The molecule has 10 heteroatoms. The Kier molecular flexibility index (Phi) is 6.58. The monoisotopic (exact) mass is 432 g/mol. The van der Waals surface area contributed by atoms with E-state index in [2.05, 4.69) is 4.98 Å². The van der Waals surface area contributed by atoms with E-state index >= 15 is 0 Å². The normalized spacial score (nSPS) is 11.7. The number of aromatic nitrogens is 2. The van der Waals surface area contributed by atoms with E-state index in [1.165, 1.54) is 12.1 Å². The van der Waals surface area contributed by atoms with Gasteiger partial charge in [-0.15, -0.1) is 0 Å². The van der Waals surface area contributed by atoms with Crippen molar-refractivity contribution in [2.24, 2.45) is 0 Å². The van der Waals surface area contributed by atoms with Crippen LogP contribution in [0, 0.1) is 11.6 Å². The summed E-state index contributed by atoms with van der Waals surface area (Å²) in [5.41, 5.74) is -0.250. The average molecular weight is 432 g/mol. The molecule has 1 unspecified atom stereocenters. The first kappa shape index (κ1) is 21.9. The van der Waals surface area contributed by atoms with Gasteiger partial charge in [0, 0.05) is 17.8 Å². The van der Waals surface area contributed by atoms with Crippen molar-refractivity contribution in [1.82, 2.24) is 9.55 Å². The van der Waals surface area contributed by atoms with Crippen LogP contribution in [0.15, 0.2) is 51.9 Å². The third-order valence-electron chi connectivity index (χ3n) is 4.38. The van der Waals surface area contributed by atoms with Crippen molar-refractivity contribution in [3.63, 3.8) is 0 Å². The molecule has 31 heavy (non-hydrogen) atoms. The summed E-state index contributed by atoms with van der Waals surface area (Å²) in [5, 5.41) is 0. The Morgan fingerprint density at radius 3 is 2.68 bits per heavy atom. The maximum atomic E-state index is 14.8. The Morgan fingerprint density at radius 2 is 2.00 bits per heavy atom. The molecule has 3 rings (SSSR count). The minimum absolute atomic E-state index is 0.0969. The summed E-state index contributed by atoms with van der Waals surface area (Å²) in [6.07, 6.45) is 2.07. The van der Waals surface area contributed by atoms with Crippen molar-refractivity contribution in [3.05, 3.63) is 87.5 Å². The number of rotatable bonds is 7. The second kappa shape index (κ2) is 9.33. The number of hydrogen-bond acceptors (Lipinski definition) is 7. The van der Waals surface area contributed by atoms with Gasteiger partial charge in [-0.25, -0.2) is 18.6 Å². The molecule has 0 bridgehead atoms.